The zero-order chi connectivity index (χ0) is 7.49. The highest BCUT2D eigenvalue weighted by molar-refractivity contribution is 7.81. The van der Waals surface area contributed by atoms with Crippen LogP contribution in [0.1, 0.15) is 13.8 Å². The number of hydrogen-bond acceptors (Lipinski definition) is 4. The van der Waals surface area contributed by atoms with E-state index < -0.39 is 11.8 Å². The third-order valence-corrected chi connectivity index (χ3v) is 0.751. The second kappa shape index (κ2) is 3.08. The van der Waals surface area contributed by atoms with E-state index >= 15 is 0 Å². The summed E-state index contributed by atoms with van der Waals surface area (Å²) in [5, 5.41) is 8.84. The molecule has 3 nitrogen and oxygen atoms in total. The second-order valence-corrected chi connectivity index (χ2v) is 2.40. The van der Waals surface area contributed by atoms with Crippen LogP contribution in [-0.4, -0.2) is 22.6 Å². The van der Waals surface area contributed by atoms with Gasteiger partial charge in [0.05, 0.1) is 5.75 Å². The van der Waals surface area contributed by atoms with Crippen molar-refractivity contribution in [1.82, 2.24) is 0 Å². The molecular weight excluding hydrogens is 140 g/mol. The summed E-state index contributed by atoms with van der Waals surface area (Å²) in [7, 11) is 0. The van der Waals surface area contributed by atoms with Crippen molar-refractivity contribution in [2.24, 2.45) is 0 Å². The monoisotopic (exact) mass is 150 g/mol. The van der Waals surface area contributed by atoms with E-state index in [2.05, 4.69) is 17.4 Å². The summed E-state index contributed by atoms with van der Waals surface area (Å²) in [5.74, 6) is -1.91. The van der Waals surface area contributed by atoms with Gasteiger partial charge in [0, 0.05) is 13.8 Å². The van der Waals surface area contributed by atoms with Crippen molar-refractivity contribution < 1.29 is 14.6 Å². The highest BCUT2D eigenvalue weighted by Crippen LogP contribution is 2.02. The van der Waals surface area contributed by atoms with Crippen molar-refractivity contribution in [3.63, 3.8) is 0 Å². The summed E-state index contributed by atoms with van der Waals surface area (Å²) >= 11 is 3.64. The van der Waals surface area contributed by atoms with Crippen molar-refractivity contribution in [1.29, 1.82) is 0 Å². The number of rotatable bonds is 2. The SMILES string of the molecule is CC(C)(O)OC(=O)CS. The Kier molecular flexibility index (Phi) is 3.00. The maximum absolute atomic E-state index is 10.4. The number of ether oxygens (including phenoxy) is 1. The first-order valence-electron chi connectivity index (χ1n) is 2.51. The molecule has 0 fully saturated rings. The van der Waals surface area contributed by atoms with Gasteiger partial charge in [0.25, 0.3) is 0 Å². The average molecular weight is 150 g/mol. The lowest BCUT2D eigenvalue weighted by Gasteiger charge is -2.16. The van der Waals surface area contributed by atoms with Crippen LogP contribution in [0.2, 0.25) is 0 Å². The molecule has 0 bridgehead atoms. The molecule has 4 heteroatoms. The Morgan fingerprint density at radius 2 is 2.22 bits per heavy atom. The predicted octanol–water partition coefficient (Wildman–Crippen LogP) is 0.188. The first-order chi connectivity index (χ1) is 3.95. The molecule has 9 heavy (non-hydrogen) atoms. The summed E-state index contributed by atoms with van der Waals surface area (Å²) in [5.41, 5.74) is 0. The van der Waals surface area contributed by atoms with E-state index in [9.17, 15) is 4.79 Å². The minimum Gasteiger partial charge on any atom is -0.433 e. The fourth-order valence-electron chi connectivity index (χ4n) is 0.311. The van der Waals surface area contributed by atoms with Gasteiger partial charge in [-0.2, -0.15) is 12.6 Å². The lowest BCUT2D eigenvalue weighted by Crippen LogP contribution is -2.27. The molecule has 54 valence electrons. The number of thiol groups is 1. The van der Waals surface area contributed by atoms with Crippen molar-refractivity contribution >= 4 is 18.6 Å². The fraction of sp³-hybridized carbons (Fsp3) is 0.800. The van der Waals surface area contributed by atoms with Crippen LogP contribution in [0.3, 0.4) is 0 Å². The lowest BCUT2D eigenvalue weighted by atomic mass is 10.4. The molecule has 1 N–H and O–H groups in total. The van der Waals surface area contributed by atoms with E-state index in [-0.39, 0.29) is 5.75 Å². The molecule has 0 amide bonds. The molecule has 0 aromatic carbocycles. The summed E-state index contributed by atoms with van der Waals surface area (Å²) in [6.07, 6.45) is 0. The van der Waals surface area contributed by atoms with Gasteiger partial charge in [-0.25, -0.2) is 0 Å². The van der Waals surface area contributed by atoms with Gasteiger partial charge in [-0.05, 0) is 0 Å². The average Bonchev–Trinajstić information content (AvgIpc) is 1.62. The number of hydrogen-bond donors (Lipinski definition) is 2. The van der Waals surface area contributed by atoms with E-state index in [1.165, 1.54) is 13.8 Å². The highest BCUT2D eigenvalue weighted by atomic mass is 32.1. The Hall–Kier alpha value is -0.220. The van der Waals surface area contributed by atoms with E-state index in [0.29, 0.717) is 0 Å². The molecule has 0 saturated heterocycles. The van der Waals surface area contributed by atoms with Crippen LogP contribution in [0.4, 0.5) is 0 Å². The third kappa shape index (κ3) is 5.65. The standard InChI is InChI=1S/C5H10O3S/c1-5(2,7)8-4(6)3-9/h7,9H,3H2,1-2H3. The molecule has 0 aromatic rings. The first kappa shape index (κ1) is 8.78. The summed E-state index contributed by atoms with van der Waals surface area (Å²) in [6.45, 7) is 2.77. The molecule has 0 saturated carbocycles. The molecule has 0 spiro atoms. The van der Waals surface area contributed by atoms with Gasteiger partial charge in [-0.1, -0.05) is 0 Å². The second-order valence-electron chi connectivity index (χ2n) is 2.08. The van der Waals surface area contributed by atoms with E-state index in [1.807, 2.05) is 0 Å². The number of carbonyl (C=O) groups is 1. The molecule has 0 rings (SSSR count). The molecule has 0 unspecified atom stereocenters. The first-order valence-corrected chi connectivity index (χ1v) is 3.14. The Morgan fingerprint density at radius 3 is 2.33 bits per heavy atom. The largest absolute Gasteiger partial charge is 0.433 e. The molecule has 0 radical (unpaired) electrons. The Bertz CT molecular complexity index is 105. The molecule has 0 aromatic heterocycles. The van der Waals surface area contributed by atoms with Crippen molar-refractivity contribution in [3.05, 3.63) is 0 Å². The minimum atomic E-state index is -1.38. The third-order valence-electron chi connectivity index (χ3n) is 0.493. The van der Waals surface area contributed by atoms with Crippen LogP contribution in [-0.2, 0) is 9.53 Å². The van der Waals surface area contributed by atoms with E-state index in [0.717, 1.165) is 0 Å². The molecule has 0 aliphatic carbocycles. The molecule has 0 heterocycles. The van der Waals surface area contributed by atoms with Crippen LogP contribution in [0.5, 0.6) is 0 Å². The topological polar surface area (TPSA) is 46.5 Å². The Labute approximate surface area is 59.4 Å². The lowest BCUT2D eigenvalue weighted by molar-refractivity contribution is -0.191. The highest BCUT2D eigenvalue weighted by Gasteiger charge is 2.16. The van der Waals surface area contributed by atoms with Crippen molar-refractivity contribution in [2.75, 3.05) is 5.75 Å². The zero-order valence-corrected chi connectivity index (χ0v) is 6.31. The van der Waals surface area contributed by atoms with Crippen LogP contribution in [0, 0.1) is 0 Å². The van der Waals surface area contributed by atoms with Gasteiger partial charge in [0.1, 0.15) is 0 Å². The number of esters is 1. The minimum absolute atomic E-state index is 0.00993. The number of carbonyl (C=O) groups excluding carboxylic acids is 1. The maximum Gasteiger partial charge on any atom is 0.318 e. The van der Waals surface area contributed by atoms with Crippen molar-refractivity contribution in [3.8, 4) is 0 Å². The smallest absolute Gasteiger partial charge is 0.318 e. The maximum atomic E-state index is 10.4. The van der Waals surface area contributed by atoms with Gasteiger partial charge < -0.3 is 9.84 Å². The zero-order valence-electron chi connectivity index (χ0n) is 5.42. The summed E-state index contributed by atoms with van der Waals surface area (Å²) in [4.78, 5) is 10.4. The quantitative estimate of drug-likeness (QED) is 0.335. The predicted molar refractivity (Wildman–Crippen MR) is 36.2 cm³/mol. The molecule has 0 aliphatic rings. The van der Waals surface area contributed by atoms with Gasteiger partial charge in [-0.3, -0.25) is 4.79 Å². The van der Waals surface area contributed by atoms with Gasteiger partial charge >= 0.3 is 5.97 Å². The van der Waals surface area contributed by atoms with Crippen molar-refractivity contribution in [2.45, 2.75) is 19.6 Å². The normalized spacial score (nSPS) is 11.1. The summed E-state index contributed by atoms with van der Waals surface area (Å²) < 4.78 is 4.43. The van der Waals surface area contributed by atoms with Gasteiger partial charge in [0.15, 0.2) is 0 Å². The summed E-state index contributed by atoms with van der Waals surface area (Å²) in [6, 6.07) is 0. The van der Waals surface area contributed by atoms with Gasteiger partial charge in [0.2, 0.25) is 5.79 Å². The fourth-order valence-corrected chi connectivity index (χ4v) is 0.375. The molecule has 0 aliphatic heterocycles. The van der Waals surface area contributed by atoms with Crippen LogP contribution < -0.4 is 0 Å². The van der Waals surface area contributed by atoms with Crippen LogP contribution >= 0.6 is 12.6 Å². The van der Waals surface area contributed by atoms with Crippen LogP contribution in [0.15, 0.2) is 0 Å². The Morgan fingerprint density at radius 1 is 1.78 bits per heavy atom. The molecule has 0 atom stereocenters. The Balaban J connectivity index is 3.60. The molecular formula is C5H10O3S. The van der Waals surface area contributed by atoms with E-state index in [1.54, 1.807) is 0 Å². The van der Waals surface area contributed by atoms with E-state index in [4.69, 9.17) is 5.11 Å². The number of aliphatic hydroxyl groups is 1. The van der Waals surface area contributed by atoms with Crippen LogP contribution in [0.25, 0.3) is 0 Å². The van der Waals surface area contributed by atoms with Gasteiger partial charge in [-0.15, -0.1) is 0 Å².